The molecule has 0 heterocycles. The van der Waals surface area contributed by atoms with Gasteiger partial charge in [-0.2, -0.15) is 0 Å². The minimum absolute atomic E-state index is 0.183. The first-order valence-electron chi connectivity index (χ1n) is 27.6. The van der Waals surface area contributed by atoms with Gasteiger partial charge in [-0.25, -0.2) is 4.79 Å². The molecule has 0 radical (unpaired) electrons. The van der Waals surface area contributed by atoms with Crippen molar-refractivity contribution in [1.82, 2.24) is 0 Å². The van der Waals surface area contributed by atoms with Gasteiger partial charge in [-0.1, -0.05) is 202 Å². The van der Waals surface area contributed by atoms with Crippen molar-refractivity contribution >= 4 is 17.9 Å². The molecule has 9 nitrogen and oxygen atoms in total. The topological polar surface area (TPSA) is 108 Å². The number of hydrogen-bond acceptors (Lipinski definition) is 7. The number of esters is 2. The van der Waals surface area contributed by atoms with E-state index in [0.29, 0.717) is 23.9 Å². The summed E-state index contributed by atoms with van der Waals surface area (Å²) in [4.78, 5) is 37.4. The minimum Gasteiger partial charge on any atom is -0.477 e. The Kier molecular flexibility index (Phi) is 47.7. The summed E-state index contributed by atoms with van der Waals surface area (Å²) < 4.78 is 22.8. The summed E-state index contributed by atoms with van der Waals surface area (Å²) in [5.74, 6) is -2.02. The Morgan fingerprint density at radius 3 is 1.25 bits per heavy atom. The Morgan fingerprint density at radius 1 is 0.456 bits per heavy atom. The van der Waals surface area contributed by atoms with E-state index in [2.05, 4.69) is 86.8 Å². The number of carbonyl (C=O) groups is 3. The van der Waals surface area contributed by atoms with Gasteiger partial charge in [-0.05, 0) is 83.5 Å². The van der Waals surface area contributed by atoms with Crippen LogP contribution in [0.2, 0.25) is 0 Å². The van der Waals surface area contributed by atoms with Crippen molar-refractivity contribution in [2.24, 2.45) is 0 Å². The van der Waals surface area contributed by atoms with E-state index in [1.165, 1.54) is 109 Å². The monoisotopic (exact) mass is 955 g/mol. The Bertz CT molecular complexity index is 1340. The number of carboxylic acids is 1. The first-order valence-corrected chi connectivity index (χ1v) is 27.6. The second-order valence-electron chi connectivity index (χ2n) is 19.5. The maximum Gasteiger partial charge on any atom is 0.361 e. The van der Waals surface area contributed by atoms with Crippen molar-refractivity contribution < 1.29 is 42.9 Å². The molecule has 392 valence electrons. The van der Waals surface area contributed by atoms with E-state index >= 15 is 0 Å². The molecule has 68 heavy (non-hydrogen) atoms. The van der Waals surface area contributed by atoms with Crippen molar-refractivity contribution in [2.75, 3.05) is 47.5 Å². The van der Waals surface area contributed by atoms with Gasteiger partial charge in [-0.3, -0.25) is 9.59 Å². The zero-order chi connectivity index (χ0) is 49.9. The summed E-state index contributed by atoms with van der Waals surface area (Å²) >= 11 is 0. The highest BCUT2D eigenvalue weighted by molar-refractivity contribution is 5.71. The Labute approximate surface area is 417 Å². The van der Waals surface area contributed by atoms with Crippen LogP contribution < -0.4 is 0 Å². The number of allylic oxidation sites excluding steroid dienone is 12. The molecule has 2 atom stereocenters. The number of rotatable bonds is 50. The molecule has 0 aliphatic heterocycles. The SMILES string of the molecule is CC/C=C\C/C=C\C/C=C\C/C=C\CCCCCCCCCCCCCCC(=O)OC(COC(=O)CCCCCCCCC/C=C\C/C=C\CCCCCC)COC(OCC[N+](C)(C)C)C(=O)O. The van der Waals surface area contributed by atoms with Crippen LogP contribution in [0.3, 0.4) is 0 Å². The zero-order valence-corrected chi connectivity index (χ0v) is 44.5. The average molecular weight is 955 g/mol. The van der Waals surface area contributed by atoms with Crippen molar-refractivity contribution in [3.8, 4) is 0 Å². The average Bonchev–Trinajstić information content (AvgIpc) is 3.30. The predicted molar refractivity (Wildman–Crippen MR) is 286 cm³/mol. The molecular weight excluding hydrogens is 851 g/mol. The molecule has 0 spiro atoms. The van der Waals surface area contributed by atoms with Gasteiger partial charge in [0, 0.05) is 12.8 Å². The normalized spacial score (nSPS) is 13.4. The molecule has 0 aromatic carbocycles. The van der Waals surface area contributed by atoms with Gasteiger partial charge in [0.15, 0.2) is 6.10 Å². The number of aliphatic carboxylic acids is 1. The van der Waals surface area contributed by atoms with Crippen LogP contribution in [0.1, 0.15) is 226 Å². The number of likely N-dealkylation sites (N-methyl/N-ethyl adjacent to an activating group) is 1. The van der Waals surface area contributed by atoms with E-state index in [9.17, 15) is 19.5 Å². The first kappa shape index (κ1) is 64.7. The molecule has 0 amide bonds. The maximum atomic E-state index is 12.9. The molecule has 0 aromatic rings. The molecule has 9 heteroatoms. The number of ether oxygens (including phenoxy) is 4. The Hall–Kier alpha value is -3.27. The molecule has 0 saturated carbocycles. The Morgan fingerprint density at radius 2 is 0.838 bits per heavy atom. The summed E-state index contributed by atoms with van der Waals surface area (Å²) in [6.45, 7) is 4.74. The lowest BCUT2D eigenvalue weighted by atomic mass is 10.0. The van der Waals surface area contributed by atoms with E-state index < -0.39 is 24.3 Å². The lowest BCUT2D eigenvalue weighted by Gasteiger charge is -2.25. The predicted octanol–water partition coefficient (Wildman–Crippen LogP) is 15.8. The highest BCUT2D eigenvalue weighted by Crippen LogP contribution is 2.15. The van der Waals surface area contributed by atoms with Crippen molar-refractivity contribution in [3.05, 3.63) is 72.9 Å². The smallest absolute Gasteiger partial charge is 0.361 e. The highest BCUT2D eigenvalue weighted by Gasteiger charge is 2.25. The van der Waals surface area contributed by atoms with Crippen LogP contribution in [0.5, 0.6) is 0 Å². The maximum absolute atomic E-state index is 12.9. The molecule has 0 aromatic heterocycles. The van der Waals surface area contributed by atoms with Crippen LogP contribution in [0.25, 0.3) is 0 Å². The van der Waals surface area contributed by atoms with E-state index in [1.54, 1.807) is 0 Å². The third-order valence-electron chi connectivity index (χ3n) is 11.7. The van der Waals surface area contributed by atoms with Gasteiger partial charge in [0.05, 0.1) is 34.4 Å². The summed E-state index contributed by atoms with van der Waals surface area (Å²) in [7, 11) is 5.96. The summed E-state index contributed by atoms with van der Waals surface area (Å²) in [5, 5.41) is 9.69. The summed E-state index contributed by atoms with van der Waals surface area (Å²) in [5.41, 5.74) is 0. The molecule has 1 N–H and O–H groups in total. The molecule has 0 fully saturated rings. The molecule has 2 unspecified atom stereocenters. The fourth-order valence-corrected chi connectivity index (χ4v) is 7.45. The number of carboxylic acid groups (broad SMARTS) is 1. The number of unbranched alkanes of at least 4 members (excludes halogenated alkanes) is 23. The lowest BCUT2D eigenvalue weighted by Crippen LogP contribution is -2.40. The second kappa shape index (κ2) is 50.1. The van der Waals surface area contributed by atoms with Gasteiger partial charge in [0.25, 0.3) is 6.29 Å². The largest absolute Gasteiger partial charge is 0.477 e. The summed E-state index contributed by atoms with van der Waals surface area (Å²) in [6.07, 6.45) is 61.1. The fourth-order valence-electron chi connectivity index (χ4n) is 7.45. The number of nitrogens with zero attached hydrogens (tertiary/aromatic N) is 1. The minimum atomic E-state index is -1.51. The number of hydrogen-bond donors (Lipinski definition) is 1. The van der Waals surface area contributed by atoms with Crippen molar-refractivity contribution in [3.63, 3.8) is 0 Å². The van der Waals surface area contributed by atoms with E-state index in [1.807, 2.05) is 21.1 Å². The van der Waals surface area contributed by atoms with Gasteiger partial charge in [0.2, 0.25) is 0 Å². The third kappa shape index (κ3) is 50.6. The lowest BCUT2D eigenvalue weighted by molar-refractivity contribution is -0.870. The fraction of sp³-hybridized carbons (Fsp3) is 0.746. The highest BCUT2D eigenvalue weighted by atomic mass is 16.7. The van der Waals surface area contributed by atoms with Crippen LogP contribution >= 0.6 is 0 Å². The van der Waals surface area contributed by atoms with Crippen LogP contribution in [0.15, 0.2) is 72.9 Å². The molecule has 0 rings (SSSR count). The Balaban J connectivity index is 4.29. The van der Waals surface area contributed by atoms with Crippen LogP contribution in [0, 0.1) is 0 Å². The van der Waals surface area contributed by atoms with Crippen LogP contribution in [0.4, 0.5) is 0 Å². The summed E-state index contributed by atoms with van der Waals surface area (Å²) in [6, 6.07) is 0. The second-order valence-corrected chi connectivity index (χ2v) is 19.5. The molecular formula is C59H104NO8+. The van der Waals surface area contributed by atoms with E-state index in [4.69, 9.17) is 18.9 Å². The molecule has 0 aliphatic rings. The van der Waals surface area contributed by atoms with Gasteiger partial charge in [0.1, 0.15) is 13.2 Å². The van der Waals surface area contributed by atoms with E-state index in [-0.39, 0.29) is 32.2 Å². The van der Waals surface area contributed by atoms with Crippen molar-refractivity contribution in [2.45, 2.75) is 238 Å². The molecule has 0 aliphatic carbocycles. The quantitative estimate of drug-likeness (QED) is 0.0211. The van der Waals surface area contributed by atoms with E-state index in [0.717, 1.165) is 83.5 Å². The van der Waals surface area contributed by atoms with Crippen LogP contribution in [-0.2, 0) is 33.3 Å². The number of quaternary nitrogens is 1. The first-order chi connectivity index (χ1) is 33.1. The zero-order valence-electron chi connectivity index (χ0n) is 44.5. The van der Waals surface area contributed by atoms with Gasteiger partial charge >= 0.3 is 17.9 Å². The molecule has 0 saturated heterocycles. The molecule has 0 bridgehead atoms. The van der Waals surface area contributed by atoms with Gasteiger partial charge in [-0.15, -0.1) is 0 Å². The van der Waals surface area contributed by atoms with Crippen LogP contribution in [-0.4, -0.2) is 87.4 Å². The standard InChI is InChI=1S/C59H103NO8/c1-6-8-10-12-14-16-18-20-22-24-26-27-28-29-30-31-32-34-36-38-40-42-44-46-48-50-57(62)68-55(54-67-59(58(63)64)65-52-51-60(3,4)5)53-66-56(61)49-47-45-43-41-39-37-35-33-25-23-21-19-17-15-13-11-9-7-2/h8,10,14,16-17,19-20,22-23,25-27,55,59H,6-7,9,11-13,15,18,21,24,28-54H2,1-5H3/p+1/b10-8-,16-14-,19-17-,22-20-,25-23-,27-26-. The number of carbonyl (C=O) groups excluding carboxylic acids is 2. The van der Waals surface area contributed by atoms with Crippen molar-refractivity contribution in [1.29, 1.82) is 0 Å². The third-order valence-corrected chi connectivity index (χ3v) is 11.7. The van der Waals surface area contributed by atoms with Gasteiger partial charge < -0.3 is 28.5 Å².